The van der Waals surface area contributed by atoms with Gasteiger partial charge in [0.1, 0.15) is 5.56 Å². The molecular weight excluding hydrogens is 298 g/mol. The Labute approximate surface area is 136 Å². The van der Waals surface area contributed by atoms with Crippen molar-refractivity contribution in [2.75, 3.05) is 19.5 Å². The van der Waals surface area contributed by atoms with Gasteiger partial charge in [0.05, 0.1) is 13.7 Å². The molecule has 6 heteroatoms. The third-order valence-corrected chi connectivity index (χ3v) is 3.32. The number of anilines is 1. The molecule has 0 saturated heterocycles. The second-order valence-electron chi connectivity index (χ2n) is 5.22. The number of carbonyl (C=O) groups excluding carboxylic acids is 2. The van der Waals surface area contributed by atoms with Crippen LogP contribution in [0.3, 0.4) is 0 Å². The number of carbonyl (C=O) groups is 2. The summed E-state index contributed by atoms with van der Waals surface area (Å²) in [5.41, 5.74) is 6.14. The van der Waals surface area contributed by atoms with E-state index in [1.165, 1.54) is 44.6 Å². The molecule has 0 saturated carbocycles. The Balaban J connectivity index is 2.42. The third-order valence-electron chi connectivity index (χ3n) is 3.32. The Hall–Kier alpha value is -2.24. The van der Waals surface area contributed by atoms with E-state index in [4.69, 9.17) is 15.2 Å². The molecule has 0 spiro atoms. The number of hydrogen-bond acceptors (Lipinski definition) is 6. The monoisotopic (exact) mass is 323 g/mol. The van der Waals surface area contributed by atoms with Crippen molar-refractivity contribution in [3.63, 3.8) is 0 Å². The fourth-order valence-electron chi connectivity index (χ4n) is 2.06. The van der Waals surface area contributed by atoms with Crippen LogP contribution in [-0.4, -0.2) is 25.8 Å². The van der Waals surface area contributed by atoms with Crippen molar-refractivity contribution in [1.82, 2.24) is 0 Å². The lowest BCUT2D eigenvalue weighted by Crippen LogP contribution is -2.14. The first-order chi connectivity index (χ1) is 11.1. The number of methoxy groups -OCH3 is 1. The van der Waals surface area contributed by atoms with Gasteiger partial charge in [0.2, 0.25) is 0 Å². The van der Waals surface area contributed by atoms with Crippen LogP contribution in [0.1, 0.15) is 55.8 Å². The van der Waals surface area contributed by atoms with Gasteiger partial charge in [-0.2, -0.15) is 0 Å². The van der Waals surface area contributed by atoms with Gasteiger partial charge in [-0.3, -0.25) is 0 Å². The Bertz CT molecular complexity index is 516. The molecule has 1 rings (SSSR count). The molecule has 1 aromatic carbocycles. The summed E-state index contributed by atoms with van der Waals surface area (Å²) < 4.78 is 14.7. The topological polar surface area (TPSA) is 87.9 Å². The standard InChI is InChI=1S/C17H25NO5/c1-3-4-5-6-7-8-11-22-17(20)23-15-12-13(18)9-10-14(15)16(19)21-2/h9-10,12H,3-8,11,18H2,1-2H3. The molecule has 0 aliphatic carbocycles. The quantitative estimate of drug-likeness (QED) is 0.320. The molecule has 0 amide bonds. The summed E-state index contributed by atoms with van der Waals surface area (Å²) in [4.78, 5) is 23.3. The minimum absolute atomic E-state index is 0.0322. The molecular formula is C17H25NO5. The summed E-state index contributed by atoms with van der Waals surface area (Å²) in [5.74, 6) is -0.575. The molecule has 0 fully saturated rings. The Morgan fingerprint density at radius 1 is 1.09 bits per heavy atom. The van der Waals surface area contributed by atoms with Crippen LogP contribution in [-0.2, 0) is 9.47 Å². The van der Waals surface area contributed by atoms with E-state index in [0.717, 1.165) is 19.3 Å². The SMILES string of the molecule is CCCCCCCCOC(=O)Oc1cc(N)ccc1C(=O)OC. The number of hydrogen-bond donors (Lipinski definition) is 1. The molecule has 6 nitrogen and oxygen atoms in total. The fraction of sp³-hybridized carbons (Fsp3) is 0.529. The van der Waals surface area contributed by atoms with Crippen LogP contribution < -0.4 is 10.5 Å². The zero-order valence-electron chi connectivity index (χ0n) is 13.8. The Morgan fingerprint density at radius 3 is 2.48 bits per heavy atom. The lowest BCUT2D eigenvalue weighted by atomic mass is 10.1. The van der Waals surface area contributed by atoms with Crippen molar-refractivity contribution in [1.29, 1.82) is 0 Å². The van der Waals surface area contributed by atoms with Gasteiger partial charge in [0, 0.05) is 11.8 Å². The molecule has 0 atom stereocenters. The first kappa shape index (κ1) is 18.8. The highest BCUT2D eigenvalue weighted by atomic mass is 16.7. The second-order valence-corrected chi connectivity index (χ2v) is 5.22. The number of ether oxygens (including phenoxy) is 3. The number of esters is 1. The van der Waals surface area contributed by atoms with E-state index < -0.39 is 12.1 Å². The lowest BCUT2D eigenvalue weighted by Gasteiger charge is -2.10. The van der Waals surface area contributed by atoms with Gasteiger partial charge >= 0.3 is 12.1 Å². The molecule has 0 aliphatic rings. The van der Waals surface area contributed by atoms with Crippen LogP contribution in [0.4, 0.5) is 10.5 Å². The van der Waals surface area contributed by atoms with Gasteiger partial charge in [0.25, 0.3) is 0 Å². The van der Waals surface area contributed by atoms with Gasteiger partial charge in [-0.15, -0.1) is 0 Å². The summed E-state index contributed by atoms with van der Waals surface area (Å²) in [7, 11) is 1.25. The van der Waals surface area contributed by atoms with Crippen molar-refractivity contribution in [2.24, 2.45) is 0 Å². The Kier molecular flexibility index (Phi) is 8.57. The van der Waals surface area contributed by atoms with Crippen molar-refractivity contribution in [3.8, 4) is 5.75 Å². The molecule has 0 bridgehead atoms. The van der Waals surface area contributed by atoms with Crippen molar-refractivity contribution in [2.45, 2.75) is 45.4 Å². The van der Waals surface area contributed by atoms with Gasteiger partial charge in [-0.25, -0.2) is 9.59 Å². The molecule has 0 aromatic heterocycles. The molecule has 0 aliphatic heterocycles. The van der Waals surface area contributed by atoms with E-state index in [9.17, 15) is 9.59 Å². The van der Waals surface area contributed by atoms with Gasteiger partial charge in [0.15, 0.2) is 5.75 Å². The fourth-order valence-corrected chi connectivity index (χ4v) is 2.06. The molecule has 0 heterocycles. The van der Waals surface area contributed by atoms with E-state index in [0.29, 0.717) is 12.3 Å². The van der Waals surface area contributed by atoms with Crippen LogP contribution >= 0.6 is 0 Å². The third kappa shape index (κ3) is 7.04. The molecule has 0 unspecified atom stereocenters. The highest BCUT2D eigenvalue weighted by Gasteiger charge is 2.17. The van der Waals surface area contributed by atoms with Crippen LogP contribution in [0.25, 0.3) is 0 Å². The molecule has 0 radical (unpaired) electrons. The summed E-state index contributed by atoms with van der Waals surface area (Å²) in [6.45, 7) is 2.46. The van der Waals surface area contributed by atoms with Crippen LogP contribution in [0, 0.1) is 0 Å². The van der Waals surface area contributed by atoms with Crippen molar-refractivity contribution in [3.05, 3.63) is 23.8 Å². The highest BCUT2D eigenvalue weighted by Crippen LogP contribution is 2.23. The van der Waals surface area contributed by atoms with Gasteiger partial charge < -0.3 is 19.9 Å². The molecule has 2 N–H and O–H groups in total. The van der Waals surface area contributed by atoms with E-state index in [2.05, 4.69) is 11.7 Å². The maximum atomic E-state index is 11.7. The summed E-state index contributed by atoms with van der Waals surface area (Å²) in [6, 6.07) is 4.36. The van der Waals surface area contributed by atoms with Crippen LogP contribution in [0.2, 0.25) is 0 Å². The zero-order chi connectivity index (χ0) is 17.1. The average molecular weight is 323 g/mol. The number of nitrogen functional groups attached to an aromatic ring is 1. The van der Waals surface area contributed by atoms with Crippen molar-refractivity contribution < 1.29 is 23.8 Å². The van der Waals surface area contributed by atoms with Gasteiger partial charge in [-0.1, -0.05) is 39.0 Å². The summed E-state index contributed by atoms with van der Waals surface area (Å²) >= 11 is 0. The van der Waals surface area contributed by atoms with Crippen molar-refractivity contribution >= 4 is 17.8 Å². The minimum Gasteiger partial charge on any atom is -0.465 e. The number of unbranched alkanes of at least 4 members (excludes halogenated alkanes) is 5. The number of benzene rings is 1. The normalized spacial score (nSPS) is 10.2. The van der Waals surface area contributed by atoms with E-state index >= 15 is 0 Å². The van der Waals surface area contributed by atoms with E-state index in [1.807, 2.05) is 0 Å². The predicted octanol–water partition coefficient (Wildman–Crippen LogP) is 3.93. The Morgan fingerprint density at radius 2 is 1.78 bits per heavy atom. The smallest absolute Gasteiger partial charge is 0.465 e. The number of rotatable bonds is 9. The zero-order valence-corrected chi connectivity index (χ0v) is 13.8. The maximum absolute atomic E-state index is 11.7. The van der Waals surface area contributed by atoms with E-state index in [1.54, 1.807) is 0 Å². The molecule has 128 valence electrons. The predicted molar refractivity (Wildman–Crippen MR) is 87.5 cm³/mol. The summed E-state index contributed by atoms with van der Waals surface area (Å²) in [5, 5.41) is 0. The number of nitrogens with two attached hydrogens (primary N) is 1. The highest BCUT2D eigenvalue weighted by molar-refractivity contribution is 5.93. The largest absolute Gasteiger partial charge is 0.513 e. The van der Waals surface area contributed by atoms with Crippen LogP contribution in [0.15, 0.2) is 18.2 Å². The average Bonchev–Trinajstić information content (AvgIpc) is 2.53. The molecule has 23 heavy (non-hydrogen) atoms. The second kappa shape index (κ2) is 10.5. The van der Waals surface area contributed by atoms with Gasteiger partial charge in [-0.05, 0) is 18.6 Å². The first-order valence-corrected chi connectivity index (χ1v) is 7.91. The lowest BCUT2D eigenvalue weighted by molar-refractivity contribution is 0.0594. The summed E-state index contributed by atoms with van der Waals surface area (Å²) in [6.07, 6.45) is 5.72. The maximum Gasteiger partial charge on any atom is 0.513 e. The van der Waals surface area contributed by atoms with E-state index in [-0.39, 0.29) is 11.3 Å². The first-order valence-electron chi connectivity index (χ1n) is 7.91. The minimum atomic E-state index is -0.852. The molecule has 1 aromatic rings. The van der Waals surface area contributed by atoms with Crippen LogP contribution in [0.5, 0.6) is 5.75 Å².